The van der Waals surface area contributed by atoms with Gasteiger partial charge < -0.3 is 19.9 Å². The SMILES string of the molecule is C#CC[n+]1c2c(cc3cc(NC(=O)c4cccc(NC(=S)OC(C)C)c4)ccc31)CCCC2.O=S(=O)([O-])C(F)(F)F. The zero-order chi connectivity index (χ0) is 30.4. The molecule has 0 radical (unpaired) electrons. The average Bonchev–Trinajstić information content (AvgIpc) is 2.87. The number of alkyl halides is 3. The molecule has 1 aliphatic carbocycles. The van der Waals surface area contributed by atoms with Crippen molar-refractivity contribution in [2.45, 2.75) is 57.7 Å². The molecule has 0 saturated heterocycles. The lowest BCUT2D eigenvalue weighted by molar-refractivity contribution is -0.667. The maximum atomic E-state index is 12.9. The number of carbonyl (C=O) groups is 1. The van der Waals surface area contributed by atoms with Crippen molar-refractivity contribution < 1.29 is 40.2 Å². The number of carbonyl (C=O) groups excluding carboxylic acids is 1. The third-order valence-electron chi connectivity index (χ3n) is 5.96. The molecule has 13 heteroatoms. The fraction of sp³-hybridized carbons (Fsp3) is 0.321. The van der Waals surface area contributed by atoms with E-state index < -0.39 is 15.6 Å². The molecule has 0 fully saturated rings. The number of fused-ring (bicyclic) bond motifs is 2. The summed E-state index contributed by atoms with van der Waals surface area (Å²) in [7, 11) is -6.09. The van der Waals surface area contributed by atoms with E-state index in [1.165, 1.54) is 24.1 Å². The second kappa shape index (κ2) is 13.3. The molecule has 2 N–H and O–H groups in total. The van der Waals surface area contributed by atoms with Gasteiger partial charge in [-0.15, -0.1) is 6.42 Å². The molecule has 3 aromatic rings. The number of hydrogen-bond donors (Lipinski definition) is 2. The Labute approximate surface area is 241 Å². The zero-order valence-electron chi connectivity index (χ0n) is 22.2. The van der Waals surface area contributed by atoms with Crippen LogP contribution in [0.2, 0.25) is 0 Å². The number of rotatable bonds is 5. The fourth-order valence-electron chi connectivity index (χ4n) is 4.28. The first-order valence-corrected chi connectivity index (χ1v) is 14.3. The van der Waals surface area contributed by atoms with Gasteiger partial charge in [-0.1, -0.05) is 6.07 Å². The summed E-state index contributed by atoms with van der Waals surface area (Å²) in [5, 5.41) is 7.39. The van der Waals surface area contributed by atoms with E-state index in [1.54, 1.807) is 12.1 Å². The molecule has 8 nitrogen and oxygen atoms in total. The average molecular weight is 608 g/mol. The van der Waals surface area contributed by atoms with E-state index in [0.29, 0.717) is 17.8 Å². The molecule has 1 heterocycles. The Balaban J connectivity index is 0.000000507. The third-order valence-corrected chi connectivity index (χ3v) is 6.72. The van der Waals surface area contributed by atoms with Crippen LogP contribution in [0.25, 0.3) is 10.9 Å². The van der Waals surface area contributed by atoms with Crippen LogP contribution in [0.4, 0.5) is 24.5 Å². The molecule has 0 aliphatic heterocycles. The normalized spacial score (nSPS) is 12.9. The fourth-order valence-corrected chi connectivity index (χ4v) is 4.59. The second-order valence-corrected chi connectivity index (χ2v) is 11.1. The first-order chi connectivity index (χ1) is 19.2. The molecule has 0 atom stereocenters. The minimum absolute atomic E-state index is 0.0192. The number of terminal acetylenes is 1. The van der Waals surface area contributed by atoms with Crippen LogP contribution in [0.1, 0.15) is 48.3 Å². The van der Waals surface area contributed by atoms with Gasteiger partial charge in [0.05, 0.1) is 6.10 Å². The lowest BCUT2D eigenvalue weighted by Crippen LogP contribution is -2.41. The molecular formula is C28H28F3N3O5S2. The molecule has 2 aromatic carbocycles. The Bertz CT molecular complexity index is 1600. The summed E-state index contributed by atoms with van der Waals surface area (Å²) in [5.74, 6) is 2.60. The first kappa shape index (κ1) is 31.8. The molecule has 218 valence electrons. The van der Waals surface area contributed by atoms with Crippen LogP contribution in [-0.2, 0) is 34.2 Å². The molecule has 0 bridgehead atoms. The number of thiocarbonyl (C=S) groups is 1. The van der Waals surface area contributed by atoms with Crippen LogP contribution in [0.3, 0.4) is 0 Å². The molecular weight excluding hydrogens is 579 g/mol. The summed E-state index contributed by atoms with van der Waals surface area (Å²) in [4.78, 5) is 12.9. The van der Waals surface area contributed by atoms with Gasteiger partial charge in [0.15, 0.2) is 15.8 Å². The van der Waals surface area contributed by atoms with Crippen LogP contribution in [0.5, 0.6) is 0 Å². The Morgan fingerprint density at radius 2 is 1.78 bits per heavy atom. The Hall–Kier alpha value is -3.73. The minimum Gasteiger partial charge on any atom is -0.741 e. The van der Waals surface area contributed by atoms with Gasteiger partial charge in [0.2, 0.25) is 12.1 Å². The summed E-state index contributed by atoms with van der Waals surface area (Å²) in [6.07, 6.45) is 10.2. The maximum Gasteiger partial charge on any atom is 0.485 e. The van der Waals surface area contributed by atoms with E-state index in [9.17, 15) is 18.0 Å². The second-order valence-electron chi connectivity index (χ2n) is 9.40. The van der Waals surface area contributed by atoms with Gasteiger partial charge in [0.1, 0.15) is 0 Å². The predicted octanol–water partition coefficient (Wildman–Crippen LogP) is 5.06. The van der Waals surface area contributed by atoms with Crippen molar-refractivity contribution in [3.63, 3.8) is 0 Å². The van der Waals surface area contributed by atoms with Gasteiger partial charge >= 0.3 is 5.51 Å². The Morgan fingerprint density at radius 3 is 2.41 bits per heavy atom. The number of nitrogens with zero attached hydrogens (tertiary/aromatic N) is 1. The Morgan fingerprint density at radius 1 is 1.12 bits per heavy atom. The number of anilines is 2. The highest BCUT2D eigenvalue weighted by Gasteiger charge is 2.37. The summed E-state index contributed by atoms with van der Waals surface area (Å²) in [6.45, 7) is 4.37. The smallest absolute Gasteiger partial charge is 0.485 e. The number of ether oxygens (including phenoxy) is 1. The summed E-state index contributed by atoms with van der Waals surface area (Å²) in [5.41, 5.74) is 0.114. The monoisotopic (exact) mass is 607 g/mol. The maximum absolute atomic E-state index is 12.9. The van der Waals surface area contributed by atoms with E-state index in [2.05, 4.69) is 27.2 Å². The predicted molar refractivity (Wildman–Crippen MR) is 152 cm³/mol. The van der Waals surface area contributed by atoms with Gasteiger partial charge in [-0.2, -0.15) is 17.7 Å². The number of halogens is 3. The molecule has 1 amide bonds. The third kappa shape index (κ3) is 8.63. The number of pyridine rings is 1. The van der Waals surface area contributed by atoms with Crippen molar-refractivity contribution in [1.29, 1.82) is 0 Å². The summed E-state index contributed by atoms with van der Waals surface area (Å²) < 4.78 is 66.6. The van der Waals surface area contributed by atoms with Gasteiger partial charge in [-0.3, -0.25) is 4.79 Å². The topological polar surface area (TPSA) is 111 Å². The molecule has 1 aromatic heterocycles. The van der Waals surface area contributed by atoms with Gasteiger partial charge in [0, 0.05) is 40.4 Å². The quantitative estimate of drug-likeness (QED) is 0.137. The number of amides is 1. The summed E-state index contributed by atoms with van der Waals surface area (Å²) in [6, 6.07) is 15.4. The lowest BCUT2D eigenvalue weighted by Gasteiger charge is -2.16. The van der Waals surface area contributed by atoms with Gasteiger partial charge in [-0.25, -0.2) is 8.42 Å². The molecule has 0 spiro atoms. The van der Waals surface area contributed by atoms with Crippen LogP contribution in [0, 0.1) is 12.3 Å². The number of aryl methyl sites for hydroxylation is 1. The van der Waals surface area contributed by atoms with E-state index in [0.717, 1.165) is 29.4 Å². The highest BCUT2D eigenvalue weighted by Crippen LogP contribution is 2.25. The highest BCUT2D eigenvalue weighted by molar-refractivity contribution is 7.86. The van der Waals surface area contributed by atoms with Crippen LogP contribution in [-0.4, -0.2) is 35.7 Å². The van der Waals surface area contributed by atoms with Crippen molar-refractivity contribution >= 4 is 55.7 Å². The van der Waals surface area contributed by atoms with Crippen molar-refractivity contribution in [1.82, 2.24) is 0 Å². The first-order valence-electron chi connectivity index (χ1n) is 12.5. The lowest BCUT2D eigenvalue weighted by atomic mass is 9.94. The van der Waals surface area contributed by atoms with Crippen LogP contribution in [0.15, 0.2) is 48.5 Å². The van der Waals surface area contributed by atoms with Gasteiger partial charge in [0.25, 0.3) is 11.1 Å². The standard InChI is InChI=1S/C27H27N3O2S.CHF3O3S/c1-4-14-30-24-11-6-5-8-19(24)15-21-17-23(12-13-25(21)30)28-26(31)20-9-7-10-22(16-20)29-27(33)32-18(2)3;2-1(3,4)8(5,6)7/h1,7,9-10,12-13,15-18H,5-6,8,11,14H2,2-3H3,(H-,28,29,31,33);(H,5,6,7). The molecule has 0 unspecified atom stereocenters. The van der Waals surface area contributed by atoms with E-state index in [4.69, 9.17) is 36.3 Å². The number of hydrogen-bond acceptors (Lipinski definition) is 6. The van der Waals surface area contributed by atoms with Crippen molar-refractivity contribution in [3.05, 3.63) is 65.4 Å². The molecule has 1 aliphatic rings. The number of nitrogens with one attached hydrogen (secondary N) is 2. The number of benzene rings is 2. The van der Waals surface area contributed by atoms with E-state index in [-0.39, 0.29) is 17.2 Å². The number of aromatic nitrogens is 1. The molecule has 4 rings (SSSR count). The largest absolute Gasteiger partial charge is 0.741 e. The van der Waals surface area contributed by atoms with Gasteiger partial charge in [-0.05, 0) is 87.6 Å². The van der Waals surface area contributed by atoms with E-state index in [1.807, 2.05) is 44.2 Å². The molecule has 41 heavy (non-hydrogen) atoms. The zero-order valence-corrected chi connectivity index (χ0v) is 23.9. The van der Waals surface area contributed by atoms with Crippen molar-refractivity contribution in [2.24, 2.45) is 0 Å². The van der Waals surface area contributed by atoms with E-state index >= 15 is 0 Å². The highest BCUT2D eigenvalue weighted by atomic mass is 32.2. The van der Waals surface area contributed by atoms with Crippen LogP contribution >= 0.6 is 12.2 Å². The minimum atomic E-state index is -6.09. The van der Waals surface area contributed by atoms with Crippen LogP contribution < -0.4 is 15.2 Å². The van der Waals surface area contributed by atoms with Crippen molar-refractivity contribution in [2.75, 3.05) is 10.6 Å². The summed E-state index contributed by atoms with van der Waals surface area (Å²) >= 11 is 5.19. The molecule has 0 saturated carbocycles. The Kier molecular flexibility index (Phi) is 10.3. The van der Waals surface area contributed by atoms with Crippen molar-refractivity contribution in [3.8, 4) is 12.3 Å².